The van der Waals surface area contributed by atoms with E-state index in [9.17, 15) is 9.59 Å². The Labute approximate surface area is 222 Å². The lowest BCUT2D eigenvalue weighted by atomic mass is 9.95. The lowest BCUT2D eigenvalue weighted by molar-refractivity contribution is 0.0938. The second kappa shape index (κ2) is 11.1. The van der Waals surface area contributed by atoms with Gasteiger partial charge in [0, 0.05) is 57.6 Å². The van der Waals surface area contributed by atoms with Gasteiger partial charge in [-0.25, -0.2) is 9.78 Å². The van der Waals surface area contributed by atoms with Crippen LogP contribution in [0, 0.1) is 0 Å². The van der Waals surface area contributed by atoms with E-state index in [1.165, 1.54) is 0 Å². The Hall–Kier alpha value is -4.18. The molecule has 1 saturated heterocycles. The maximum absolute atomic E-state index is 13.0. The highest BCUT2D eigenvalue weighted by molar-refractivity contribution is 5.99. The van der Waals surface area contributed by atoms with Crippen molar-refractivity contribution in [3.8, 4) is 0 Å². The molecule has 6 N–H and O–H groups in total. The van der Waals surface area contributed by atoms with E-state index < -0.39 is 0 Å². The molecule has 1 aromatic heterocycles. The van der Waals surface area contributed by atoms with Crippen LogP contribution in [0.2, 0.25) is 0 Å². The molecule has 2 unspecified atom stereocenters. The molecule has 2 aliphatic heterocycles. The molecule has 1 fully saturated rings. The van der Waals surface area contributed by atoms with Crippen molar-refractivity contribution in [2.75, 3.05) is 32.4 Å². The highest BCUT2D eigenvalue weighted by Crippen LogP contribution is 2.24. The summed E-state index contributed by atoms with van der Waals surface area (Å²) in [5.41, 5.74) is 16.3. The standard InChI is InChI=1S/C28H34N8O2/c1-35-16-22(15-32-35)21-12-25(26(30)31-14-21)27(37)33-24-8-9-36(17-24)28(38)34-23-7-3-6-20(11-23)19-5-2-4-18(10-19)13-29/h2-6,10-12,14-15,22-24H,7-9,13,16-17,29H2,1H3,(H2,30,31)(H,33,37)(H,34,38)/t22?,23?,24-/m1/s1. The van der Waals surface area contributed by atoms with Crippen molar-refractivity contribution < 1.29 is 9.59 Å². The van der Waals surface area contributed by atoms with E-state index in [1.807, 2.05) is 36.5 Å². The summed E-state index contributed by atoms with van der Waals surface area (Å²) in [4.78, 5) is 32.0. The number of hydrazone groups is 1. The topological polar surface area (TPSA) is 142 Å². The number of nitrogens with one attached hydrogen (secondary N) is 2. The minimum absolute atomic E-state index is 0.0686. The molecule has 10 heteroatoms. The lowest BCUT2D eigenvalue weighted by Crippen LogP contribution is -2.45. The van der Waals surface area contributed by atoms with Gasteiger partial charge in [-0.1, -0.05) is 36.4 Å². The van der Waals surface area contributed by atoms with Crippen molar-refractivity contribution in [1.29, 1.82) is 0 Å². The van der Waals surface area contributed by atoms with Gasteiger partial charge in [0.25, 0.3) is 5.91 Å². The highest BCUT2D eigenvalue weighted by atomic mass is 16.2. The molecule has 1 aromatic carbocycles. The molecule has 0 saturated carbocycles. The van der Waals surface area contributed by atoms with Gasteiger partial charge in [0.1, 0.15) is 5.82 Å². The number of anilines is 1. The number of urea groups is 1. The third-order valence-electron chi connectivity index (χ3n) is 7.20. The molecule has 3 amide bonds. The van der Waals surface area contributed by atoms with Crippen LogP contribution in [0.1, 0.15) is 45.8 Å². The molecule has 10 nitrogen and oxygen atoms in total. The quantitative estimate of drug-likeness (QED) is 0.465. The van der Waals surface area contributed by atoms with Gasteiger partial charge in [-0.3, -0.25) is 9.80 Å². The summed E-state index contributed by atoms with van der Waals surface area (Å²) in [5, 5.41) is 12.3. The molecule has 3 atom stereocenters. The zero-order chi connectivity index (χ0) is 26.6. The molecule has 38 heavy (non-hydrogen) atoms. The van der Waals surface area contributed by atoms with E-state index >= 15 is 0 Å². The molecule has 0 radical (unpaired) electrons. The van der Waals surface area contributed by atoms with Crippen molar-refractivity contribution >= 4 is 29.5 Å². The number of likely N-dealkylation sites (N-methyl/N-ethyl adjacent to an activating group) is 1. The van der Waals surface area contributed by atoms with Gasteiger partial charge in [-0.05, 0) is 47.2 Å². The average Bonchev–Trinajstić information content (AvgIpc) is 3.58. The van der Waals surface area contributed by atoms with Crippen molar-refractivity contribution in [3.63, 3.8) is 0 Å². The average molecular weight is 515 g/mol. The minimum atomic E-state index is -0.280. The van der Waals surface area contributed by atoms with Crippen LogP contribution in [0.4, 0.5) is 10.6 Å². The van der Waals surface area contributed by atoms with Crippen LogP contribution in [0.5, 0.6) is 0 Å². The summed E-state index contributed by atoms with van der Waals surface area (Å²) in [6, 6.07) is 9.50. The maximum Gasteiger partial charge on any atom is 0.317 e. The zero-order valence-electron chi connectivity index (χ0n) is 21.5. The van der Waals surface area contributed by atoms with Gasteiger partial charge in [0.2, 0.25) is 0 Å². The van der Waals surface area contributed by atoms with Crippen LogP contribution in [-0.4, -0.2) is 71.8 Å². The first-order chi connectivity index (χ1) is 18.4. The number of nitrogens with two attached hydrogens (primary N) is 2. The van der Waals surface area contributed by atoms with Crippen molar-refractivity contribution in [2.45, 2.75) is 37.4 Å². The number of amides is 3. The second-order valence-electron chi connectivity index (χ2n) is 10.0. The van der Waals surface area contributed by atoms with Gasteiger partial charge < -0.3 is 27.0 Å². The summed E-state index contributed by atoms with van der Waals surface area (Å²) in [7, 11) is 1.90. The molecule has 3 aliphatic rings. The SMILES string of the molecule is CN1CC(c2cnc(N)c(C(=O)N[C@@H]3CCN(C(=O)NC4C=C(c5cccc(CN)c5)C=CC4)C3)c2)C=N1. The van der Waals surface area contributed by atoms with Gasteiger partial charge in [0.15, 0.2) is 0 Å². The number of carbonyl (C=O) groups excluding carboxylic acids is 2. The monoisotopic (exact) mass is 514 g/mol. The first-order valence-electron chi connectivity index (χ1n) is 12.9. The summed E-state index contributed by atoms with van der Waals surface area (Å²) < 4.78 is 0. The van der Waals surface area contributed by atoms with E-state index in [0.29, 0.717) is 31.6 Å². The Bertz CT molecular complexity index is 1300. The maximum atomic E-state index is 13.0. The van der Waals surface area contributed by atoms with E-state index in [0.717, 1.165) is 35.2 Å². The number of nitrogen functional groups attached to an aromatic ring is 1. The zero-order valence-corrected chi connectivity index (χ0v) is 21.5. The molecule has 0 spiro atoms. The highest BCUT2D eigenvalue weighted by Gasteiger charge is 2.29. The molecule has 5 rings (SSSR count). The van der Waals surface area contributed by atoms with Crippen molar-refractivity contribution in [2.24, 2.45) is 10.8 Å². The number of hydrogen-bond acceptors (Lipinski definition) is 7. The number of aromatic nitrogens is 1. The van der Waals surface area contributed by atoms with Gasteiger partial charge >= 0.3 is 6.03 Å². The Morgan fingerprint density at radius 3 is 2.84 bits per heavy atom. The number of benzene rings is 1. The lowest BCUT2D eigenvalue weighted by Gasteiger charge is -2.23. The molecule has 198 valence electrons. The fraction of sp³-hybridized carbons (Fsp3) is 0.357. The first kappa shape index (κ1) is 25.5. The summed E-state index contributed by atoms with van der Waals surface area (Å²) in [5.74, 6) is -0.0247. The minimum Gasteiger partial charge on any atom is -0.383 e. The predicted octanol–water partition coefficient (Wildman–Crippen LogP) is 2.06. The molecular formula is C28H34N8O2. The number of likely N-dealkylation sites (tertiary alicyclic amines) is 1. The smallest absolute Gasteiger partial charge is 0.317 e. The second-order valence-corrected chi connectivity index (χ2v) is 10.0. The normalized spacial score (nSPS) is 22.5. The fourth-order valence-corrected chi connectivity index (χ4v) is 5.07. The van der Waals surface area contributed by atoms with Crippen molar-refractivity contribution in [1.82, 2.24) is 25.5 Å². The molecule has 2 aromatic rings. The Morgan fingerprint density at radius 1 is 1.18 bits per heavy atom. The van der Waals surface area contributed by atoms with Crippen molar-refractivity contribution in [3.05, 3.63) is 77.0 Å². The van der Waals surface area contributed by atoms with Crippen LogP contribution < -0.4 is 22.1 Å². The number of allylic oxidation sites excluding steroid dienone is 2. The van der Waals surface area contributed by atoms with E-state index in [4.69, 9.17) is 11.5 Å². The molecule has 3 heterocycles. The summed E-state index contributed by atoms with van der Waals surface area (Å²) >= 11 is 0. The largest absolute Gasteiger partial charge is 0.383 e. The van der Waals surface area contributed by atoms with Crippen LogP contribution in [0.3, 0.4) is 0 Å². The number of pyridine rings is 1. The molecule has 1 aliphatic carbocycles. The van der Waals surface area contributed by atoms with Gasteiger partial charge in [0.05, 0.1) is 11.6 Å². The van der Waals surface area contributed by atoms with Crippen LogP contribution in [0.25, 0.3) is 5.57 Å². The van der Waals surface area contributed by atoms with E-state index in [-0.39, 0.29) is 35.8 Å². The third kappa shape index (κ3) is 5.70. The number of carbonyl (C=O) groups is 2. The Balaban J connectivity index is 1.17. The Morgan fingerprint density at radius 2 is 2.05 bits per heavy atom. The van der Waals surface area contributed by atoms with Crippen LogP contribution in [0.15, 0.2) is 59.9 Å². The number of nitrogens with zero attached hydrogens (tertiary/aromatic N) is 4. The first-order valence-corrected chi connectivity index (χ1v) is 12.9. The molecule has 0 bridgehead atoms. The van der Waals surface area contributed by atoms with Crippen LogP contribution >= 0.6 is 0 Å². The third-order valence-corrected chi connectivity index (χ3v) is 7.20. The summed E-state index contributed by atoms with van der Waals surface area (Å²) in [6.45, 7) is 2.21. The van der Waals surface area contributed by atoms with Gasteiger partial charge in [-0.2, -0.15) is 5.10 Å². The molecular weight excluding hydrogens is 480 g/mol. The predicted molar refractivity (Wildman–Crippen MR) is 148 cm³/mol. The summed E-state index contributed by atoms with van der Waals surface area (Å²) in [6.07, 6.45) is 11.2. The van der Waals surface area contributed by atoms with E-state index in [2.05, 4.69) is 45.0 Å². The Kier molecular flexibility index (Phi) is 7.41. The van der Waals surface area contributed by atoms with E-state index in [1.54, 1.807) is 17.2 Å². The van der Waals surface area contributed by atoms with Gasteiger partial charge in [-0.15, -0.1) is 0 Å². The fourth-order valence-electron chi connectivity index (χ4n) is 5.07. The number of hydrogen-bond donors (Lipinski definition) is 4. The van der Waals surface area contributed by atoms with Crippen LogP contribution in [-0.2, 0) is 6.54 Å². The number of rotatable bonds is 6.